The first-order valence-electron chi connectivity index (χ1n) is 9.82. The molecule has 0 unspecified atom stereocenters. The van der Waals surface area contributed by atoms with E-state index in [1.807, 2.05) is 48.5 Å². The number of carbonyl (C=O) groups excluding carboxylic acids is 2. The van der Waals surface area contributed by atoms with Crippen LogP contribution in [0.4, 0.5) is 4.79 Å². The summed E-state index contributed by atoms with van der Waals surface area (Å²) in [4.78, 5) is 25.1. The van der Waals surface area contributed by atoms with Crippen molar-refractivity contribution in [3.63, 3.8) is 0 Å². The molecule has 27 heavy (non-hydrogen) atoms. The highest BCUT2D eigenvalue weighted by molar-refractivity contribution is 5.76. The molecule has 2 fully saturated rings. The average Bonchev–Trinajstić information content (AvgIpc) is 2.54. The van der Waals surface area contributed by atoms with Crippen LogP contribution in [0.3, 0.4) is 0 Å². The van der Waals surface area contributed by atoms with Crippen molar-refractivity contribution in [2.45, 2.75) is 72.5 Å². The number of nitrogens with zero attached hydrogens (tertiary/aromatic N) is 1. The average molecular weight is 387 g/mol. The van der Waals surface area contributed by atoms with Crippen molar-refractivity contribution in [3.05, 3.63) is 0 Å². The van der Waals surface area contributed by atoms with E-state index in [1.54, 1.807) is 4.90 Å². The van der Waals surface area contributed by atoms with Crippen LogP contribution in [0, 0.1) is 5.41 Å². The molecule has 1 amide bonds. The normalized spacial score (nSPS) is 20.2. The Morgan fingerprint density at radius 3 is 1.85 bits per heavy atom. The summed E-state index contributed by atoms with van der Waals surface area (Å²) in [7, 11) is 0. The monoisotopic (exact) mass is 386 g/mol. The highest BCUT2D eigenvalue weighted by Crippen LogP contribution is 2.32. The number of amides is 1. The highest BCUT2D eigenvalue weighted by atomic mass is 16.6. The van der Waals surface area contributed by atoms with Crippen molar-refractivity contribution in [1.29, 1.82) is 0 Å². The third-order valence-electron chi connectivity index (χ3n) is 4.26. The molecule has 158 valence electrons. The van der Waals surface area contributed by atoms with Gasteiger partial charge in [-0.1, -0.05) is 0 Å². The van der Waals surface area contributed by atoms with Gasteiger partial charge in [0.2, 0.25) is 0 Å². The van der Waals surface area contributed by atoms with Crippen LogP contribution < -0.4 is 5.32 Å². The second-order valence-electron chi connectivity index (χ2n) is 9.39. The fourth-order valence-electron chi connectivity index (χ4n) is 2.60. The fraction of sp³-hybridized carbons (Fsp3) is 0.900. The van der Waals surface area contributed by atoms with Gasteiger partial charge in [0.1, 0.15) is 11.2 Å². The number of nitrogens with one attached hydrogen (secondary N) is 1. The molecular weight excluding hydrogens is 348 g/mol. The Kier molecular flexibility index (Phi) is 8.54. The second-order valence-corrected chi connectivity index (χ2v) is 9.39. The minimum atomic E-state index is -0.390. The topological polar surface area (TPSA) is 77.1 Å². The van der Waals surface area contributed by atoms with E-state index in [1.165, 1.54) is 0 Å². The molecule has 0 atom stereocenters. The van der Waals surface area contributed by atoms with Crippen molar-refractivity contribution in [2.24, 2.45) is 5.41 Å². The molecule has 7 heteroatoms. The highest BCUT2D eigenvalue weighted by Gasteiger charge is 2.38. The molecular formula is C20H38N2O5. The van der Waals surface area contributed by atoms with Gasteiger partial charge < -0.3 is 24.4 Å². The van der Waals surface area contributed by atoms with Crippen molar-refractivity contribution < 1.29 is 23.8 Å². The zero-order valence-corrected chi connectivity index (χ0v) is 18.1. The van der Waals surface area contributed by atoms with Crippen molar-refractivity contribution in [2.75, 3.05) is 39.4 Å². The van der Waals surface area contributed by atoms with Gasteiger partial charge in [-0.25, -0.2) is 4.79 Å². The van der Waals surface area contributed by atoms with Gasteiger partial charge in [0.15, 0.2) is 0 Å². The number of carbonyl (C=O) groups is 2. The predicted octanol–water partition coefficient (Wildman–Crippen LogP) is 2.97. The molecule has 2 heterocycles. The van der Waals surface area contributed by atoms with Gasteiger partial charge in [0.05, 0.1) is 5.41 Å². The molecule has 0 aromatic carbocycles. The first-order chi connectivity index (χ1) is 12.3. The molecule has 0 radical (unpaired) electrons. The fourth-order valence-corrected chi connectivity index (χ4v) is 2.60. The van der Waals surface area contributed by atoms with Crippen LogP contribution in [-0.4, -0.2) is 67.6 Å². The van der Waals surface area contributed by atoms with Crippen LogP contribution in [0.15, 0.2) is 0 Å². The van der Waals surface area contributed by atoms with Crippen LogP contribution in [0.2, 0.25) is 0 Å². The molecule has 2 rings (SSSR count). The maximum absolute atomic E-state index is 11.9. The summed E-state index contributed by atoms with van der Waals surface area (Å²) >= 11 is 0. The van der Waals surface area contributed by atoms with Gasteiger partial charge in [-0.15, -0.1) is 0 Å². The molecule has 0 saturated carbocycles. The van der Waals surface area contributed by atoms with E-state index < -0.39 is 5.60 Å². The zero-order valence-electron chi connectivity index (χ0n) is 18.1. The van der Waals surface area contributed by atoms with E-state index in [0.29, 0.717) is 13.2 Å². The van der Waals surface area contributed by atoms with Gasteiger partial charge in [0.25, 0.3) is 0 Å². The van der Waals surface area contributed by atoms with E-state index in [-0.39, 0.29) is 23.1 Å². The maximum atomic E-state index is 11.9. The lowest BCUT2D eigenvalue weighted by atomic mass is 9.82. The molecule has 0 aromatic heterocycles. The van der Waals surface area contributed by atoms with E-state index in [4.69, 9.17) is 14.2 Å². The number of ether oxygens (including phenoxy) is 3. The molecule has 0 aliphatic carbocycles. The molecule has 0 aromatic rings. The minimum absolute atomic E-state index is 0.0895. The van der Waals surface area contributed by atoms with E-state index in [0.717, 1.165) is 39.0 Å². The summed E-state index contributed by atoms with van der Waals surface area (Å²) in [6.07, 6.45) is 1.33. The third-order valence-corrected chi connectivity index (χ3v) is 4.26. The smallest absolute Gasteiger partial charge is 0.410 e. The standard InChI is InChI=1S/C11H20O3.C9H18N2O2/c1-10(2,3)14-9(12)11(4)5-7-13-8-6-11;1-9(2,3)13-8(12)11-6-4-10-5-7-11/h5-8H2,1-4H3;10H,4-7H2,1-3H3. The number of rotatable bonds is 1. The number of hydrogen-bond donors (Lipinski definition) is 1. The lowest BCUT2D eigenvalue weighted by Crippen LogP contribution is -2.48. The lowest BCUT2D eigenvalue weighted by Gasteiger charge is -2.34. The van der Waals surface area contributed by atoms with E-state index >= 15 is 0 Å². The summed E-state index contributed by atoms with van der Waals surface area (Å²) in [6.45, 7) is 17.8. The Morgan fingerprint density at radius 1 is 0.926 bits per heavy atom. The Morgan fingerprint density at radius 2 is 1.41 bits per heavy atom. The van der Waals surface area contributed by atoms with Crippen molar-refractivity contribution in [3.8, 4) is 0 Å². The van der Waals surface area contributed by atoms with Gasteiger partial charge in [-0.2, -0.15) is 0 Å². The summed E-state index contributed by atoms with van der Waals surface area (Å²) in [6, 6.07) is 0. The maximum Gasteiger partial charge on any atom is 0.410 e. The first-order valence-corrected chi connectivity index (χ1v) is 9.82. The Bertz CT molecular complexity index is 482. The van der Waals surface area contributed by atoms with Gasteiger partial charge in [-0.3, -0.25) is 4.79 Å². The number of esters is 1. The van der Waals surface area contributed by atoms with Crippen molar-refractivity contribution >= 4 is 12.1 Å². The number of hydrogen-bond acceptors (Lipinski definition) is 6. The Balaban J connectivity index is 0.000000271. The summed E-state index contributed by atoms with van der Waals surface area (Å²) in [5.41, 5.74) is -1.12. The van der Waals surface area contributed by atoms with Gasteiger partial charge in [-0.05, 0) is 61.3 Å². The summed E-state index contributed by atoms with van der Waals surface area (Å²) in [5.74, 6) is -0.0895. The van der Waals surface area contributed by atoms with E-state index in [2.05, 4.69) is 5.32 Å². The molecule has 2 saturated heterocycles. The minimum Gasteiger partial charge on any atom is -0.460 e. The summed E-state index contributed by atoms with van der Waals surface area (Å²) in [5, 5.41) is 3.18. The molecule has 2 aliphatic rings. The Labute approximate surface area is 164 Å². The van der Waals surface area contributed by atoms with Crippen LogP contribution in [0.1, 0.15) is 61.3 Å². The number of piperazine rings is 1. The van der Waals surface area contributed by atoms with Crippen molar-refractivity contribution in [1.82, 2.24) is 10.2 Å². The molecule has 1 N–H and O–H groups in total. The molecule has 2 aliphatic heterocycles. The second kappa shape index (κ2) is 9.73. The third kappa shape index (κ3) is 9.42. The predicted molar refractivity (Wildman–Crippen MR) is 105 cm³/mol. The van der Waals surface area contributed by atoms with Crippen LogP contribution in [-0.2, 0) is 19.0 Å². The quantitative estimate of drug-likeness (QED) is 0.698. The SMILES string of the molecule is CC(C)(C)OC(=O)C1(C)CCOCC1.CC(C)(C)OC(=O)N1CCNCC1. The van der Waals surface area contributed by atoms with Gasteiger partial charge >= 0.3 is 12.1 Å². The largest absolute Gasteiger partial charge is 0.460 e. The summed E-state index contributed by atoms with van der Waals surface area (Å²) < 4.78 is 15.9. The zero-order chi connectivity index (χ0) is 20.7. The van der Waals surface area contributed by atoms with Gasteiger partial charge in [0, 0.05) is 39.4 Å². The van der Waals surface area contributed by atoms with E-state index in [9.17, 15) is 9.59 Å². The Hall–Kier alpha value is -1.34. The van der Waals surface area contributed by atoms with Crippen LogP contribution in [0.5, 0.6) is 0 Å². The molecule has 7 nitrogen and oxygen atoms in total. The molecule has 0 spiro atoms. The van der Waals surface area contributed by atoms with Crippen LogP contribution >= 0.6 is 0 Å². The molecule has 0 bridgehead atoms. The van der Waals surface area contributed by atoms with Crippen LogP contribution in [0.25, 0.3) is 0 Å². The first kappa shape index (κ1) is 23.7. The lowest BCUT2D eigenvalue weighted by molar-refractivity contribution is -0.171.